The van der Waals surface area contributed by atoms with Crippen molar-refractivity contribution in [1.29, 1.82) is 0 Å². The minimum Gasteiger partial charge on any atom is -0.326 e. The minimum atomic E-state index is -3.13. The van der Waals surface area contributed by atoms with Crippen LogP contribution < -0.4 is 0 Å². The van der Waals surface area contributed by atoms with E-state index in [1.807, 2.05) is 0 Å². The van der Waals surface area contributed by atoms with Crippen molar-refractivity contribution in [2.75, 3.05) is 6.54 Å². The van der Waals surface area contributed by atoms with E-state index in [1.54, 1.807) is 0 Å². The molecule has 7 heteroatoms. The Hall–Kier alpha value is 0.690. The highest BCUT2D eigenvalue weighted by atomic mass is 35.5. The standard InChI is InChI=1S/C4H9Cl2N.H3O3P/c1-4(2)3-7(5)6;1-4(2)3/h4H,3H2,1-2H3;4H,(H2,1,2,3). The molecule has 0 aromatic rings. The van der Waals surface area contributed by atoms with Gasteiger partial charge in [0.1, 0.15) is 0 Å². The molecule has 70 valence electrons. The first-order valence-corrected chi connectivity index (χ1v) is 4.85. The predicted octanol–water partition coefficient (Wildman–Crippen LogP) is 1.61. The fourth-order valence-electron chi connectivity index (χ4n) is 0.276. The molecule has 0 bridgehead atoms. The summed E-state index contributed by atoms with van der Waals surface area (Å²) in [7, 11) is -3.13. The van der Waals surface area contributed by atoms with E-state index >= 15 is 0 Å². The van der Waals surface area contributed by atoms with Gasteiger partial charge in [0, 0.05) is 6.54 Å². The smallest absolute Gasteiger partial charge is 0.314 e. The van der Waals surface area contributed by atoms with Gasteiger partial charge in [-0.25, -0.2) is 0 Å². The van der Waals surface area contributed by atoms with Crippen LogP contribution in [-0.2, 0) is 4.57 Å². The number of nitrogens with zero attached hydrogens (tertiary/aromatic N) is 1. The summed E-state index contributed by atoms with van der Waals surface area (Å²) < 4.78 is 9.88. The fourth-order valence-corrected chi connectivity index (χ4v) is 0.828. The second-order valence-electron chi connectivity index (χ2n) is 2.16. The van der Waals surface area contributed by atoms with Crippen LogP contribution >= 0.6 is 31.8 Å². The van der Waals surface area contributed by atoms with Crippen molar-refractivity contribution >= 4 is 31.8 Å². The SMILES string of the molecule is CC(C)CN(Cl)Cl.O=[PH](O)O. The topological polar surface area (TPSA) is 60.8 Å². The Bertz CT molecular complexity index is 102. The molecule has 0 saturated carbocycles. The Labute approximate surface area is 76.9 Å². The predicted molar refractivity (Wildman–Crippen MR) is 46.7 cm³/mol. The van der Waals surface area contributed by atoms with Crippen molar-refractivity contribution in [2.45, 2.75) is 13.8 Å². The molecule has 0 rings (SSSR count). The molecule has 0 spiro atoms. The second kappa shape index (κ2) is 8.78. The fraction of sp³-hybridized carbons (Fsp3) is 1.00. The van der Waals surface area contributed by atoms with Crippen LogP contribution in [-0.4, -0.2) is 20.3 Å². The molecule has 0 radical (unpaired) electrons. The van der Waals surface area contributed by atoms with Crippen molar-refractivity contribution in [2.24, 2.45) is 5.92 Å². The van der Waals surface area contributed by atoms with Gasteiger partial charge in [0.15, 0.2) is 0 Å². The van der Waals surface area contributed by atoms with E-state index in [9.17, 15) is 0 Å². The summed E-state index contributed by atoms with van der Waals surface area (Å²) in [6.07, 6.45) is 0. The number of hydrogen-bond acceptors (Lipinski definition) is 2. The van der Waals surface area contributed by atoms with E-state index in [2.05, 4.69) is 13.8 Å². The highest BCUT2D eigenvalue weighted by molar-refractivity contribution is 7.30. The summed E-state index contributed by atoms with van der Waals surface area (Å²) in [6.45, 7) is 4.83. The van der Waals surface area contributed by atoms with Crippen LogP contribution in [0.3, 0.4) is 0 Å². The third kappa shape index (κ3) is 36.7. The molecule has 0 saturated heterocycles. The molecule has 0 aliphatic heterocycles. The maximum absolute atomic E-state index is 8.74. The normalized spacial score (nSPS) is 10.3. The van der Waals surface area contributed by atoms with Gasteiger partial charge in [0.2, 0.25) is 0 Å². The van der Waals surface area contributed by atoms with Crippen LogP contribution in [0.1, 0.15) is 13.8 Å². The molecule has 0 amide bonds. The van der Waals surface area contributed by atoms with Gasteiger partial charge in [-0.1, -0.05) is 13.8 Å². The summed E-state index contributed by atoms with van der Waals surface area (Å²) in [5, 5.41) is 0. The quantitative estimate of drug-likeness (QED) is 0.552. The van der Waals surface area contributed by atoms with Crippen molar-refractivity contribution in [3.63, 3.8) is 0 Å². The monoisotopic (exact) mass is 223 g/mol. The van der Waals surface area contributed by atoms with Crippen LogP contribution in [0.25, 0.3) is 0 Å². The number of rotatable bonds is 2. The van der Waals surface area contributed by atoms with E-state index in [0.29, 0.717) is 5.92 Å². The minimum absolute atomic E-state index is 0.537. The Kier molecular flexibility index (Phi) is 11.4. The van der Waals surface area contributed by atoms with E-state index in [1.165, 1.54) is 0 Å². The summed E-state index contributed by atoms with van der Waals surface area (Å²) in [5.74, 6) is 0.537. The summed E-state index contributed by atoms with van der Waals surface area (Å²) in [4.78, 5) is 14.3. The van der Waals surface area contributed by atoms with Crippen LogP contribution in [0, 0.1) is 5.92 Å². The Morgan fingerprint density at radius 3 is 1.73 bits per heavy atom. The van der Waals surface area contributed by atoms with Crippen molar-refractivity contribution in [1.82, 2.24) is 3.94 Å². The van der Waals surface area contributed by atoms with Crippen LogP contribution in [0.2, 0.25) is 0 Å². The van der Waals surface area contributed by atoms with E-state index < -0.39 is 8.25 Å². The molecule has 0 heterocycles. The first kappa shape index (κ1) is 14.2. The zero-order chi connectivity index (χ0) is 9.44. The highest BCUT2D eigenvalue weighted by Gasteiger charge is 1.96. The molecule has 4 nitrogen and oxygen atoms in total. The summed E-state index contributed by atoms with van der Waals surface area (Å²) >= 11 is 10.5. The lowest BCUT2D eigenvalue weighted by Gasteiger charge is -2.04. The zero-order valence-electron chi connectivity index (χ0n) is 6.29. The molecule has 0 atom stereocenters. The average molecular weight is 224 g/mol. The third-order valence-corrected chi connectivity index (χ3v) is 0.779. The Morgan fingerprint density at radius 2 is 1.73 bits per heavy atom. The molecule has 0 aliphatic carbocycles. The Balaban J connectivity index is 0. The maximum Gasteiger partial charge on any atom is 0.314 e. The van der Waals surface area contributed by atoms with Gasteiger partial charge in [0.05, 0.1) is 0 Å². The lowest BCUT2D eigenvalue weighted by Crippen LogP contribution is -2.06. The molecule has 0 aliphatic rings. The first-order valence-electron chi connectivity index (χ1n) is 2.87. The average Bonchev–Trinajstić information content (AvgIpc) is 1.56. The molecule has 11 heavy (non-hydrogen) atoms. The first-order chi connectivity index (χ1) is 4.86. The van der Waals surface area contributed by atoms with Gasteiger partial charge < -0.3 is 9.79 Å². The number of hydrogen-bond donors (Lipinski definition) is 2. The second-order valence-corrected chi connectivity index (χ2v) is 3.72. The van der Waals surface area contributed by atoms with Gasteiger partial charge >= 0.3 is 8.25 Å². The van der Waals surface area contributed by atoms with Gasteiger partial charge in [0.25, 0.3) is 0 Å². The van der Waals surface area contributed by atoms with Crippen molar-refractivity contribution < 1.29 is 14.4 Å². The molecular weight excluding hydrogens is 212 g/mol. The lowest BCUT2D eigenvalue weighted by atomic mass is 10.2. The molecular formula is C4H12Cl2NO3P. The van der Waals surface area contributed by atoms with Gasteiger partial charge in [-0.05, 0) is 29.5 Å². The van der Waals surface area contributed by atoms with Gasteiger partial charge in [-0.15, -0.1) is 3.94 Å². The maximum atomic E-state index is 8.74. The third-order valence-electron chi connectivity index (χ3n) is 0.503. The molecule has 0 aromatic carbocycles. The molecule has 0 fully saturated rings. The summed E-state index contributed by atoms with van der Waals surface area (Å²) in [5.41, 5.74) is 0. The largest absolute Gasteiger partial charge is 0.326 e. The van der Waals surface area contributed by atoms with Gasteiger partial charge in [-0.3, -0.25) is 4.57 Å². The Morgan fingerprint density at radius 1 is 1.45 bits per heavy atom. The molecule has 0 aromatic heterocycles. The lowest BCUT2D eigenvalue weighted by molar-refractivity contribution is 0.405. The van der Waals surface area contributed by atoms with Gasteiger partial charge in [-0.2, -0.15) is 0 Å². The van der Waals surface area contributed by atoms with Crippen LogP contribution in [0.5, 0.6) is 0 Å². The molecule has 0 unspecified atom stereocenters. The van der Waals surface area contributed by atoms with Crippen molar-refractivity contribution in [3.05, 3.63) is 0 Å². The molecule has 2 N–H and O–H groups in total. The van der Waals surface area contributed by atoms with Crippen LogP contribution in [0.15, 0.2) is 0 Å². The summed E-state index contributed by atoms with van der Waals surface area (Å²) in [6, 6.07) is 0. The highest BCUT2D eigenvalue weighted by Crippen LogP contribution is 2.03. The van der Waals surface area contributed by atoms with E-state index in [-0.39, 0.29) is 0 Å². The van der Waals surface area contributed by atoms with E-state index in [0.717, 1.165) is 10.5 Å². The van der Waals surface area contributed by atoms with Crippen LogP contribution in [0.4, 0.5) is 0 Å². The number of halogens is 2. The zero-order valence-corrected chi connectivity index (χ0v) is 8.80. The van der Waals surface area contributed by atoms with Crippen molar-refractivity contribution in [3.8, 4) is 0 Å². The van der Waals surface area contributed by atoms with E-state index in [4.69, 9.17) is 37.9 Å².